The van der Waals surface area contributed by atoms with Crippen molar-refractivity contribution >= 4 is 5.91 Å². The molecule has 7 nitrogen and oxygen atoms in total. The van der Waals surface area contributed by atoms with Crippen molar-refractivity contribution in [1.82, 2.24) is 14.4 Å². The van der Waals surface area contributed by atoms with Gasteiger partial charge < -0.3 is 19.3 Å². The number of amides is 1. The van der Waals surface area contributed by atoms with Gasteiger partial charge in [-0.2, -0.15) is 0 Å². The minimum absolute atomic E-state index is 0.0229. The molecule has 0 unspecified atom stereocenters. The van der Waals surface area contributed by atoms with Gasteiger partial charge in [0.15, 0.2) is 0 Å². The third kappa shape index (κ3) is 3.35. The maximum absolute atomic E-state index is 13.6. The molecule has 32 heavy (non-hydrogen) atoms. The van der Waals surface area contributed by atoms with Crippen molar-refractivity contribution in [2.75, 3.05) is 34.4 Å². The number of nitrogens with zero attached hydrogens (tertiary/aromatic N) is 3. The molecule has 3 aliphatic rings. The number of aromatic nitrogens is 1. The molecule has 1 aromatic carbocycles. The Morgan fingerprint density at radius 1 is 1.22 bits per heavy atom. The van der Waals surface area contributed by atoms with E-state index in [1.165, 1.54) is 12.8 Å². The fourth-order valence-corrected chi connectivity index (χ4v) is 5.66. The van der Waals surface area contributed by atoms with Gasteiger partial charge in [-0.15, -0.1) is 0 Å². The topological polar surface area (TPSA) is 75.0 Å². The number of ether oxygens (including phenoxy) is 1. The molecular weight excluding hydrogens is 406 g/mol. The van der Waals surface area contributed by atoms with Gasteiger partial charge in [0.25, 0.3) is 5.56 Å². The minimum atomic E-state index is -0.352. The van der Waals surface area contributed by atoms with Gasteiger partial charge in [-0.05, 0) is 48.6 Å². The summed E-state index contributed by atoms with van der Waals surface area (Å²) < 4.78 is 7.18. The highest BCUT2D eigenvalue weighted by atomic mass is 16.5. The summed E-state index contributed by atoms with van der Waals surface area (Å²) in [5.74, 6) is 0.845. The summed E-state index contributed by atoms with van der Waals surface area (Å²) in [6, 6.07) is 11.2. The highest BCUT2D eigenvalue weighted by molar-refractivity contribution is 5.80. The normalized spacial score (nSPS) is 26.6. The fraction of sp³-hybridized carbons (Fsp3) is 0.520. The minimum Gasteiger partial charge on any atom is -0.497 e. The lowest BCUT2D eigenvalue weighted by molar-refractivity contribution is -0.135. The number of pyridine rings is 1. The molecule has 0 spiro atoms. The molecule has 1 aromatic heterocycles. The quantitative estimate of drug-likeness (QED) is 0.748. The van der Waals surface area contributed by atoms with Crippen LogP contribution in [0.25, 0.3) is 11.1 Å². The van der Waals surface area contributed by atoms with E-state index in [-0.39, 0.29) is 42.0 Å². The molecule has 2 bridgehead atoms. The fourth-order valence-electron chi connectivity index (χ4n) is 5.66. The van der Waals surface area contributed by atoms with Crippen LogP contribution in [0.1, 0.15) is 24.6 Å². The Balaban J connectivity index is 1.62. The van der Waals surface area contributed by atoms with Crippen molar-refractivity contribution in [1.29, 1.82) is 0 Å². The SMILES string of the molecule is COc1cccc(-c2ccc3n(c2=O)C[C@H]2[C@H](CO)[C@@H](C(=O)N(C)C)[C@@H]3N2CC2CC2)c1. The van der Waals surface area contributed by atoms with Crippen molar-refractivity contribution in [2.24, 2.45) is 17.8 Å². The molecule has 2 aliphatic heterocycles. The summed E-state index contributed by atoms with van der Waals surface area (Å²) in [4.78, 5) is 30.9. The molecule has 1 saturated carbocycles. The van der Waals surface area contributed by atoms with Gasteiger partial charge in [0.05, 0.1) is 19.1 Å². The van der Waals surface area contributed by atoms with Crippen LogP contribution >= 0.6 is 0 Å². The summed E-state index contributed by atoms with van der Waals surface area (Å²) >= 11 is 0. The van der Waals surface area contributed by atoms with Crippen LogP contribution in [-0.4, -0.2) is 65.8 Å². The first-order valence-corrected chi connectivity index (χ1v) is 11.4. The Morgan fingerprint density at radius 2 is 2.00 bits per heavy atom. The Morgan fingerprint density at radius 3 is 2.66 bits per heavy atom. The maximum atomic E-state index is 13.6. The second-order valence-corrected chi connectivity index (χ2v) is 9.58. The van der Waals surface area contributed by atoms with Gasteiger partial charge in [0.1, 0.15) is 5.75 Å². The van der Waals surface area contributed by atoms with Gasteiger partial charge in [-0.25, -0.2) is 0 Å². The number of hydrogen-bond donors (Lipinski definition) is 1. The summed E-state index contributed by atoms with van der Waals surface area (Å²) in [7, 11) is 5.15. The third-order valence-electron chi connectivity index (χ3n) is 7.44. The monoisotopic (exact) mass is 437 g/mol. The third-order valence-corrected chi connectivity index (χ3v) is 7.44. The van der Waals surface area contributed by atoms with E-state index in [0.717, 1.165) is 17.8 Å². The highest BCUT2D eigenvalue weighted by Crippen LogP contribution is 2.50. The molecule has 1 aliphatic carbocycles. The van der Waals surface area contributed by atoms with Crippen LogP contribution in [0.15, 0.2) is 41.2 Å². The molecule has 1 saturated heterocycles. The van der Waals surface area contributed by atoms with Crippen LogP contribution in [0.4, 0.5) is 0 Å². The van der Waals surface area contributed by atoms with Gasteiger partial charge in [0, 0.05) is 57.0 Å². The molecular formula is C25H31N3O4. The number of benzene rings is 1. The second-order valence-electron chi connectivity index (χ2n) is 9.58. The van der Waals surface area contributed by atoms with Gasteiger partial charge >= 0.3 is 0 Å². The van der Waals surface area contributed by atoms with Crippen LogP contribution in [-0.2, 0) is 11.3 Å². The van der Waals surface area contributed by atoms with Crippen LogP contribution < -0.4 is 10.3 Å². The molecule has 1 N–H and O–H groups in total. The van der Waals surface area contributed by atoms with E-state index in [4.69, 9.17) is 4.74 Å². The van der Waals surface area contributed by atoms with E-state index in [2.05, 4.69) is 4.90 Å². The van der Waals surface area contributed by atoms with Crippen molar-refractivity contribution < 1.29 is 14.6 Å². The smallest absolute Gasteiger partial charge is 0.258 e. The second kappa shape index (κ2) is 8.05. The van der Waals surface area contributed by atoms with Crippen molar-refractivity contribution in [3.63, 3.8) is 0 Å². The molecule has 4 atom stereocenters. The van der Waals surface area contributed by atoms with E-state index in [9.17, 15) is 14.7 Å². The molecule has 1 amide bonds. The maximum Gasteiger partial charge on any atom is 0.258 e. The van der Waals surface area contributed by atoms with Crippen molar-refractivity contribution in [3.05, 3.63) is 52.4 Å². The van der Waals surface area contributed by atoms with E-state index in [1.54, 1.807) is 26.1 Å². The number of carbonyl (C=O) groups is 1. The Kier molecular flexibility index (Phi) is 5.34. The van der Waals surface area contributed by atoms with E-state index >= 15 is 0 Å². The molecule has 5 rings (SSSR count). The lowest BCUT2D eigenvalue weighted by atomic mass is 9.86. The predicted octanol–water partition coefficient (Wildman–Crippen LogP) is 1.99. The molecule has 3 heterocycles. The summed E-state index contributed by atoms with van der Waals surface area (Å²) in [5.41, 5.74) is 2.27. The first kappa shape index (κ1) is 21.2. The number of aliphatic hydroxyl groups excluding tert-OH is 1. The van der Waals surface area contributed by atoms with E-state index in [0.29, 0.717) is 23.8 Å². The number of aliphatic hydroxyl groups is 1. The van der Waals surface area contributed by atoms with Crippen LogP contribution in [0, 0.1) is 17.8 Å². The number of fused-ring (bicyclic) bond motifs is 4. The van der Waals surface area contributed by atoms with Crippen LogP contribution in [0.2, 0.25) is 0 Å². The Bertz CT molecular complexity index is 1090. The summed E-state index contributed by atoms with van der Waals surface area (Å²) in [6.07, 6.45) is 2.43. The van der Waals surface area contributed by atoms with Crippen LogP contribution in [0.3, 0.4) is 0 Å². The van der Waals surface area contributed by atoms with Gasteiger partial charge in [-0.3, -0.25) is 14.5 Å². The molecule has 2 fully saturated rings. The number of rotatable bonds is 6. The summed E-state index contributed by atoms with van der Waals surface area (Å²) in [6.45, 7) is 1.37. The van der Waals surface area contributed by atoms with Gasteiger partial charge in [-0.1, -0.05) is 12.1 Å². The Hall–Kier alpha value is -2.64. The zero-order chi connectivity index (χ0) is 22.6. The molecule has 2 aromatic rings. The predicted molar refractivity (Wildman–Crippen MR) is 121 cm³/mol. The highest BCUT2D eigenvalue weighted by Gasteiger charge is 2.56. The van der Waals surface area contributed by atoms with Gasteiger partial charge in [0.2, 0.25) is 5.91 Å². The first-order valence-electron chi connectivity index (χ1n) is 11.4. The standard InChI is InChI=1S/C25H31N3O4/c1-26(2)25(31)22-19(14-29)21-13-28-20(23(22)27(21)12-15-7-8-15)10-9-18(24(28)30)16-5-4-6-17(11-16)32-3/h4-6,9-11,15,19,21-23,29H,7-8,12-14H2,1-3H3/t19-,21-,22+,23+/m0/s1. The van der Waals surface area contributed by atoms with Crippen LogP contribution in [0.5, 0.6) is 5.75 Å². The number of carbonyl (C=O) groups excluding carboxylic acids is 1. The Labute approximate surface area is 188 Å². The molecule has 0 radical (unpaired) electrons. The molecule has 170 valence electrons. The lowest BCUT2D eigenvalue weighted by Gasteiger charge is -2.38. The van der Waals surface area contributed by atoms with E-state index < -0.39 is 0 Å². The van der Waals surface area contributed by atoms with Crippen molar-refractivity contribution in [3.8, 4) is 16.9 Å². The average molecular weight is 438 g/mol. The summed E-state index contributed by atoms with van der Waals surface area (Å²) in [5, 5.41) is 10.3. The largest absolute Gasteiger partial charge is 0.497 e. The zero-order valence-corrected chi connectivity index (χ0v) is 18.9. The average Bonchev–Trinajstić information content (AvgIpc) is 3.58. The number of methoxy groups -OCH3 is 1. The van der Waals surface area contributed by atoms with E-state index in [1.807, 2.05) is 41.0 Å². The van der Waals surface area contributed by atoms with Crippen molar-refractivity contribution in [2.45, 2.75) is 31.5 Å². The number of hydrogen-bond acceptors (Lipinski definition) is 5. The zero-order valence-electron chi connectivity index (χ0n) is 18.9. The molecule has 7 heteroatoms. The first-order chi connectivity index (χ1) is 15.4. The lowest BCUT2D eigenvalue weighted by Crippen LogP contribution is -2.47.